The Morgan fingerprint density at radius 3 is 3.00 bits per heavy atom. The van der Waals surface area contributed by atoms with Gasteiger partial charge in [-0.25, -0.2) is 0 Å². The molecule has 0 radical (unpaired) electrons. The Balaban J connectivity index is 1.08. The van der Waals surface area contributed by atoms with Crippen molar-refractivity contribution < 1.29 is 23.8 Å². The lowest BCUT2D eigenvalue weighted by Gasteiger charge is -2.23. The van der Waals surface area contributed by atoms with E-state index in [4.69, 9.17) is 14.2 Å². The minimum Gasteiger partial charge on any atom is -0.454 e. The van der Waals surface area contributed by atoms with Gasteiger partial charge in [-0.15, -0.1) is 0 Å². The summed E-state index contributed by atoms with van der Waals surface area (Å²) in [6, 6.07) is 13.6. The number of anilines is 1. The van der Waals surface area contributed by atoms with Gasteiger partial charge in [0.1, 0.15) is 5.60 Å². The summed E-state index contributed by atoms with van der Waals surface area (Å²) in [5, 5.41) is 4.22. The maximum Gasteiger partial charge on any atom is 0.234 e. The molecule has 5 heterocycles. The number of para-hydroxylation sites is 1. The van der Waals surface area contributed by atoms with Gasteiger partial charge in [0, 0.05) is 35.4 Å². The lowest BCUT2D eigenvalue weighted by atomic mass is 9.77. The molecular formula is C26H23N3O5. The van der Waals surface area contributed by atoms with E-state index in [9.17, 15) is 9.59 Å². The molecule has 1 aromatic heterocycles. The van der Waals surface area contributed by atoms with Crippen molar-refractivity contribution in [3.8, 4) is 11.5 Å². The van der Waals surface area contributed by atoms with E-state index in [0.29, 0.717) is 31.0 Å². The van der Waals surface area contributed by atoms with Gasteiger partial charge < -0.3 is 29.4 Å². The number of benzene rings is 2. The van der Waals surface area contributed by atoms with E-state index in [2.05, 4.69) is 16.4 Å². The average Bonchev–Trinajstić information content (AvgIpc) is 3.66. The van der Waals surface area contributed by atoms with Crippen LogP contribution in [-0.4, -0.2) is 48.4 Å². The van der Waals surface area contributed by atoms with E-state index in [1.54, 1.807) is 11.0 Å². The molecule has 2 saturated heterocycles. The molecule has 4 aliphatic heterocycles. The molecule has 7 rings (SSSR count). The summed E-state index contributed by atoms with van der Waals surface area (Å²) < 4.78 is 17.1. The summed E-state index contributed by atoms with van der Waals surface area (Å²) >= 11 is 0. The van der Waals surface area contributed by atoms with Crippen LogP contribution in [0.2, 0.25) is 0 Å². The van der Waals surface area contributed by atoms with Gasteiger partial charge in [0.15, 0.2) is 11.5 Å². The van der Waals surface area contributed by atoms with Crippen LogP contribution in [0.3, 0.4) is 0 Å². The monoisotopic (exact) mass is 457 g/mol. The molecule has 4 atom stereocenters. The maximum absolute atomic E-state index is 13.5. The molecule has 0 aliphatic carbocycles. The van der Waals surface area contributed by atoms with Crippen LogP contribution in [0.5, 0.6) is 11.5 Å². The molecule has 0 unspecified atom stereocenters. The second-order valence-electron chi connectivity index (χ2n) is 9.26. The molecule has 1 spiro atoms. The van der Waals surface area contributed by atoms with Crippen molar-refractivity contribution in [2.75, 3.05) is 24.8 Å². The number of aromatic nitrogens is 1. The Kier molecular flexibility index (Phi) is 4.11. The highest BCUT2D eigenvalue weighted by Crippen LogP contribution is 2.53. The topological polar surface area (TPSA) is 92.9 Å². The van der Waals surface area contributed by atoms with Crippen molar-refractivity contribution >= 4 is 28.4 Å². The quantitative estimate of drug-likeness (QED) is 0.575. The van der Waals surface area contributed by atoms with Crippen LogP contribution in [0.4, 0.5) is 5.69 Å². The first-order valence-corrected chi connectivity index (χ1v) is 11.5. The van der Waals surface area contributed by atoms with E-state index >= 15 is 0 Å². The largest absolute Gasteiger partial charge is 0.454 e. The molecule has 4 aliphatic rings. The number of fused-ring (bicyclic) bond motifs is 3. The molecule has 2 fully saturated rings. The average molecular weight is 457 g/mol. The van der Waals surface area contributed by atoms with Gasteiger partial charge in [0.05, 0.1) is 24.5 Å². The summed E-state index contributed by atoms with van der Waals surface area (Å²) in [7, 11) is 0. The van der Waals surface area contributed by atoms with Gasteiger partial charge >= 0.3 is 0 Å². The number of carbonyl (C=O) groups is 2. The zero-order valence-electron chi connectivity index (χ0n) is 18.3. The van der Waals surface area contributed by atoms with Gasteiger partial charge in [0.25, 0.3) is 0 Å². The number of rotatable bonds is 5. The van der Waals surface area contributed by atoms with Gasteiger partial charge in [0.2, 0.25) is 18.6 Å². The maximum atomic E-state index is 13.5. The molecule has 3 aromatic rings. The zero-order chi connectivity index (χ0) is 22.9. The molecule has 172 valence electrons. The minimum atomic E-state index is -0.767. The molecule has 2 N–H and O–H groups in total. The first-order chi connectivity index (χ1) is 16.6. The van der Waals surface area contributed by atoms with Crippen molar-refractivity contribution in [3.05, 3.63) is 66.4 Å². The van der Waals surface area contributed by atoms with Crippen molar-refractivity contribution in [1.29, 1.82) is 0 Å². The fourth-order valence-corrected chi connectivity index (χ4v) is 5.85. The number of ether oxygens (including phenoxy) is 3. The van der Waals surface area contributed by atoms with Crippen LogP contribution in [0.15, 0.2) is 60.8 Å². The van der Waals surface area contributed by atoms with E-state index in [1.807, 2.05) is 48.7 Å². The third-order valence-corrected chi connectivity index (χ3v) is 7.44. The number of aromatic amines is 1. The van der Waals surface area contributed by atoms with Crippen molar-refractivity contribution in [3.63, 3.8) is 0 Å². The van der Waals surface area contributed by atoms with Crippen molar-refractivity contribution in [1.82, 2.24) is 10.3 Å². The lowest BCUT2D eigenvalue weighted by molar-refractivity contribution is -0.131. The fourth-order valence-electron chi connectivity index (χ4n) is 5.85. The van der Waals surface area contributed by atoms with Crippen molar-refractivity contribution in [2.24, 2.45) is 11.8 Å². The Morgan fingerprint density at radius 2 is 2.06 bits per heavy atom. The second kappa shape index (κ2) is 7.11. The van der Waals surface area contributed by atoms with Gasteiger partial charge in [-0.2, -0.15) is 0 Å². The number of hydrogen-bond acceptors (Lipinski definition) is 5. The number of hydrogen-bond donors (Lipinski definition) is 2. The summed E-state index contributed by atoms with van der Waals surface area (Å²) in [6.07, 6.45) is 6.20. The van der Waals surface area contributed by atoms with Crippen LogP contribution >= 0.6 is 0 Å². The predicted octanol–water partition coefficient (Wildman–Crippen LogP) is 2.54. The van der Waals surface area contributed by atoms with Crippen LogP contribution in [0, 0.1) is 11.8 Å². The predicted molar refractivity (Wildman–Crippen MR) is 124 cm³/mol. The molecular weight excluding hydrogens is 434 g/mol. The minimum absolute atomic E-state index is 0.0949. The standard InChI is InChI=1S/C26H23N3O5/c30-24(27-10-8-15-12-28-18-4-2-1-3-17(15)18)22-20-7-9-26(34-20)13-29(25(31)23(22)26)16-5-6-19-21(11-16)33-14-32-19/h1-7,9,11-12,20,22-23,28H,8,10,13-14H2,(H,27,30)/t20-,22-,23+,26+/m1/s1. The lowest BCUT2D eigenvalue weighted by Crippen LogP contribution is -2.44. The molecule has 0 saturated carbocycles. The first kappa shape index (κ1) is 19.7. The number of nitrogens with one attached hydrogen (secondary N) is 2. The highest BCUT2D eigenvalue weighted by Gasteiger charge is 2.67. The Labute approximate surface area is 195 Å². The van der Waals surface area contributed by atoms with Crippen LogP contribution in [-0.2, 0) is 20.7 Å². The molecule has 8 nitrogen and oxygen atoms in total. The van der Waals surface area contributed by atoms with E-state index in [0.717, 1.165) is 22.2 Å². The molecule has 2 aromatic carbocycles. The molecule has 2 amide bonds. The summed E-state index contributed by atoms with van der Waals surface area (Å²) in [5.74, 6) is -0.0320. The smallest absolute Gasteiger partial charge is 0.234 e. The SMILES string of the molecule is O=C(NCCc1c[nH]c2ccccc12)[C@H]1[C@H]2C(=O)N(c3ccc4c(c3)OCO4)C[C@@]23C=C[C@H]1O3. The third-order valence-electron chi connectivity index (χ3n) is 7.44. The van der Waals surface area contributed by atoms with Crippen molar-refractivity contribution in [2.45, 2.75) is 18.1 Å². The van der Waals surface area contributed by atoms with Gasteiger partial charge in [-0.05, 0) is 30.2 Å². The first-order valence-electron chi connectivity index (χ1n) is 11.5. The number of H-pyrrole nitrogens is 1. The Morgan fingerprint density at radius 1 is 1.18 bits per heavy atom. The summed E-state index contributed by atoms with van der Waals surface area (Å²) in [4.78, 5) is 31.8. The Bertz CT molecular complexity index is 1360. The summed E-state index contributed by atoms with van der Waals surface area (Å²) in [6.45, 7) is 1.04. The van der Waals surface area contributed by atoms with E-state index < -0.39 is 17.4 Å². The van der Waals surface area contributed by atoms with E-state index in [1.165, 1.54) is 0 Å². The number of nitrogens with zero attached hydrogens (tertiary/aromatic N) is 1. The van der Waals surface area contributed by atoms with Gasteiger partial charge in [-0.1, -0.05) is 30.4 Å². The third kappa shape index (κ3) is 2.75. The molecule has 34 heavy (non-hydrogen) atoms. The van der Waals surface area contributed by atoms with Gasteiger partial charge in [-0.3, -0.25) is 9.59 Å². The molecule has 8 heteroatoms. The number of amides is 2. The Hall–Kier alpha value is -3.78. The molecule has 2 bridgehead atoms. The fraction of sp³-hybridized carbons (Fsp3) is 0.308. The second-order valence-corrected chi connectivity index (χ2v) is 9.26. The zero-order valence-corrected chi connectivity index (χ0v) is 18.3. The van der Waals surface area contributed by atoms with E-state index in [-0.39, 0.29) is 24.7 Å². The number of carbonyl (C=O) groups excluding carboxylic acids is 2. The van der Waals surface area contributed by atoms with Crippen LogP contribution in [0.1, 0.15) is 5.56 Å². The highest BCUT2D eigenvalue weighted by molar-refractivity contribution is 6.03. The highest BCUT2D eigenvalue weighted by atomic mass is 16.7. The van der Waals surface area contributed by atoms with Crippen LogP contribution < -0.4 is 19.7 Å². The normalized spacial score (nSPS) is 28.2. The summed E-state index contributed by atoms with van der Waals surface area (Å²) in [5.41, 5.74) is 2.19. The van der Waals surface area contributed by atoms with Crippen LogP contribution in [0.25, 0.3) is 10.9 Å².